The number of aliphatic hydroxyl groups excluding tert-OH is 1. The Morgan fingerprint density at radius 1 is 0.689 bits per heavy atom. The van der Waals surface area contributed by atoms with Crippen LogP contribution in [0.2, 0.25) is 0 Å². The molecule has 0 saturated carbocycles. The van der Waals surface area contributed by atoms with E-state index in [-0.39, 0.29) is 24.0 Å². The minimum Gasteiger partial charge on any atom is -0.394 e. The largest absolute Gasteiger partial charge is 0.394 e. The van der Waals surface area contributed by atoms with Crippen LogP contribution < -0.4 is 0 Å². The van der Waals surface area contributed by atoms with Gasteiger partial charge >= 0.3 is 0 Å². The number of likely N-dealkylation sites (tertiary alicyclic amines) is 1. The Morgan fingerprint density at radius 2 is 1.02 bits per heavy atom. The van der Waals surface area contributed by atoms with Crippen molar-refractivity contribution in [1.29, 1.82) is 0 Å². The summed E-state index contributed by atoms with van der Waals surface area (Å²) in [5.74, 6) is 2.69. The molecule has 0 bridgehead atoms. The second-order valence-electron chi connectivity index (χ2n) is 17.4. The van der Waals surface area contributed by atoms with E-state index in [1.807, 2.05) is 20.8 Å². The zero-order valence-corrected chi connectivity index (χ0v) is 31.7. The number of hydrogen-bond acceptors (Lipinski definition) is 2. The van der Waals surface area contributed by atoms with Crippen molar-refractivity contribution in [3.05, 3.63) is 68.8 Å². The molecule has 2 aromatic carbocycles. The molecule has 3 nitrogen and oxygen atoms in total. The number of rotatable bonds is 11. The Morgan fingerprint density at radius 3 is 1.27 bits per heavy atom. The highest BCUT2D eigenvalue weighted by molar-refractivity contribution is 5.82. The summed E-state index contributed by atoms with van der Waals surface area (Å²) in [6.07, 6.45) is 2.64. The molecular formula is C42H67NO2. The highest BCUT2D eigenvalue weighted by atomic mass is 16.3. The van der Waals surface area contributed by atoms with Crippen molar-refractivity contribution in [2.45, 2.75) is 165 Å². The molecule has 0 aromatic heterocycles. The van der Waals surface area contributed by atoms with Gasteiger partial charge in [0.1, 0.15) is 0 Å². The van der Waals surface area contributed by atoms with Crippen molar-refractivity contribution in [1.82, 2.24) is 4.90 Å². The Bertz CT molecular complexity index is 1190. The number of aliphatic hydroxyl groups is 1. The first-order valence-electron chi connectivity index (χ1n) is 18.0. The van der Waals surface area contributed by atoms with Crippen LogP contribution in [-0.2, 0) is 17.6 Å². The molecule has 0 unspecified atom stereocenters. The number of benzene rings is 2. The van der Waals surface area contributed by atoms with Crippen LogP contribution >= 0.6 is 0 Å². The van der Waals surface area contributed by atoms with E-state index in [1.54, 1.807) is 0 Å². The maximum atomic E-state index is 14.0. The Hall–Kier alpha value is -2.13. The molecule has 1 aliphatic heterocycles. The molecule has 252 valence electrons. The van der Waals surface area contributed by atoms with Gasteiger partial charge in [-0.2, -0.15) is 0 Å². The lowest BCUT2D eigenvalue weighted by molar-refractivity contribution is -0.141. The Balaban J connectivity index is 2.37. The highest BCUT2D eigenvalue weighted by Crippen LogP contribution is 2.47. The molecule has 1 amide bonds. The lowest BCUT2D eigenvalue weighted by atomic mass is 9.69. The van der Waals surface area contributed by atoms with E-state index in [0.29, 0.717) is 42.1 Å². The number of carbonyl (C=O) groups excluding carboxylic acids is 1. The first kappa shape index (κ1) is 37.3. The second kappa shape index (κ2) is 14.3. The maximum Gasteiger partial charge on any atom is 0.228 e. The molecular weight excluding hydrogens is 550 g/mol. The lowest BCUT2D eigenvalue weighted by Gasteiger charge is -2.36. The molecule has 45 heavy (non-hydrogen) atoms. The molecule has 1 heterocycles. The average molecular weight is 618 g/mol. The summed E-state index contributed by atoms with van der Waals surface area (Å²) in [7, 11) is 0. The van der Waals surface area contributed by atoms with E-state index in [1.165, 1.54) is 44.5 Å². The van der Waals surface area contributed by atoms with E-state index in [2.05, 4.69) is 112 Å². The van der Waals surface area contributed by atoms with Crippen LogP contribution in [0.5, 0.6) is 0 Å². The van der Waals surface area contributed by atoms with Gasteiger partial charge < -0.3 is 10.0 Å². The topological polar surface area (TPSA) is 40.5 Å². The smallest absolute Gasteiger partial charge is 0.228 e. The molecule has 2 aromatic rings. The normalized spacial score (nSPS) is 17.3. The van der Waals surface area contributed by atoms with Gasteiger partial charge in [-0.1, -0.05) is 128 Å². The summed E-state index contributed by atoms with van der Waals surface area (Å²) in [5.41, 5.74) is 10.9. The van der Waals surface area contributed by atoms with Crippen LogP contribution in [0.4, 0.5) is 0 Å². The van der Waals surface area contributed by atoms with Gasteiger partial charge in [-0.25, -0.2) is 0 Å². The lowest BCUT2D eigenvalue weighted by Crippen LogP contribution is -2.44. The third kappa shape index (κ3) is 8.24. The van der Waals surface area contributed by atoms with Crippen LogP contribution in [0.3, 0.4) is 0 Å². The summed E-state index contributed by atoms with van der Waals surface area (Å²) < 4.78 is 0. The fourth-order valence-corrected chi connectivity index (χ4v) is 7.68. The predicted octanol–water partition coefficient (Wildman–Crippen LogP) is 10.8. The molecule has 1 aliphatic rings. The standard InChI is InChI=1S/C42H67NO2/c1-25(2)31-16-34(27(5)6)38(35(17-31)28(7)8)21-42(20-33(23-44)43(24-42)40(45)41(13,14)15)22-39-36(29(9)10)18-32(26(3)4)19-37(39)30(11)12/h16-19,25-30,33,44H,20-24H2,1-15H3/t33-/m0/s1. The van der Waals surface area contributed by atoms with Crippen LogP contribution in [0.25, 0.3) is 0 Å². The van der Waals surface area contributed by atoms with E-state index < -0.39 is 5.41 Å². The Kier molecular flexibility index (Phi) is 11.9. The molecule has 3 rings (SSSR count). The average Bonchev–Trinajstić information content (AvgIpc) is 3.29. The van der Waals surface area contributed by atoms with Crippen molar-refractivity contribution in [2.75, 3.05) is 13.2 Å². The number of nitrogens with zero attached hydrogens (tertiary/aromatic N) is 1. The summed E-state index contributed by atoms with van der Waals surface area (Å²) in [4.78, 5) is 16.0. The van der Waals surface area contributed by atoms with Gasteiger partial charge in [0, 0.05) is 12.0 Å². The van der Waals surface area contributed by atoms with E-state index in [4.69, 9.17) is 0 Å². The minimum atomic E-state index is -0.500. The molecule has 1 fully saturated rings. The maximum absolute atomic E-state index is 14.0. The van der Waals surface area contributed by atoms with Crippen molar-refractivity contribution < 1.29 is 9.90 Å². The van der Waals surface area contributed by atoms with Gasteiger partial charge in [-0.05, 0) is 105 Å². The van der Waals surface area contributed by atoms with Crippen LogP contribution in [0.15, 0.2) is 24.3 Å². The van der Waals surface area contributed by atoms with Crippen LogP contribution in [0.1, 0.15) is 190 Å². The summed E-state index contributed by atoms with van der Waals surface area (Å²) in [5, 5.41) is 10.8. The summed E-state index contributed by atoms with van der Waals surface area (Å²) in [6, 6.07) is 9.71. The zero-order chi connectivity index (χ0) is 34.2. The summed E-state index contributed by atoms with van der Waals surface area (Å²) >= 11 is 0. The number of carbonyl (C=O) groups is 1. The fraction of sp³-hybridized carbons (Fsp3) is 0.690. The SMILES string of the molecule is CC(C)c1cc(C(C)C)c(CC2(Cc3c(C(C)C)cc(C(C)C)cc3C(C)C)C[C@@H](CO)N(C(=O)C(C)(C)C)C2)c(C(C)C)c1. The number of hydrogen-bond donors (Lipinski definition) is 1. The van der Waals surface area contributed by atoms with E-state index in [9.17, 15) is 9.90 Å². The van der Waals surface area contributed by atoms with Gasteiger partial charge in [0.2, 0.25) is 5.91 Å². The molecule has 1 atom stereocenters. The predicted molar refractivity (Wildman–Crippen MR) is 194 cm³/mol. The van der Waals surface area contributed by atoms with E-state index >= 15 is 0 Å². The third-order valence-electron chi connectivity index (χ3n) is 10.3. The van der Waals surface area contributed by atoms with Gasteiger partial charge in [0.05, 0.1) is 12.6 Å². The highest BCUT2D eigenvalue weighted by Gasteiger charge is 2.48. The first-order chi connectivity index (χ1) is 20.7. The molecule has 0 radical (unpaired) electrons. The monoisotopic (exact) mass is 618 g/mol. The first-order valence-corrected chi connectivity index (χ1v) is 18.0. The van der Waals surface area contributed by atoms with Crippen molar-refractivity contribution >= 4 is 5.91 Å². The van der Waals surface area contributed by atoms with Gasteiger partial charge in [-0.15, -0.1) is 0 Å². The minimum absolute atomic E-state index is 0.00426. The molecule has 1 saturated heterocycles. The number of amides is 1. The quantitative estimate of drug-likeness (QED) is 0.272. The molecule has 0 aliphatic carbocycles. The van der Waals surface area contributed by atoms with E-state index in [0.717, 1.165) is 19.3 Å². The Labute approximate surface area is 277 Å². The van der Waals surface area contributed by atoms with Crippen molar-refractivity contribution in [3.63, 3.8) is 0 Å². The van der Waals surface area contributed by atoms with Gasteiger partial charge in [0.15, 0.2) is 0 Å². The van der Waals surface area contributed by atoms with Crippen molar-refractivity contribution in [2.24, 2.45) is 10.8 Å². The fourth-order valence-electron chi connectivity index (χ4n) is 7.68. The third-order valence-corrected chi connectivity index (χ3v) is 10.3. The molecule has 0 spiro atoms. The van der Waals surface area contributed by atoms with Gasteiger partial charge in [-0.3, -0.25) is 4.79 Å². The summed E-state index contributed by atoms with van der Waals surface area (Å²) in [6.45, 7) is 34.6. The van der Waals surface area contributed by atoms with Crippen LogP contribution in [0, 0.1) is 10.8 Å². The zero-order valence-electron chi connectivity index (χ0n) is 31.7. The second-order valence-corrected chi connectivity index (χ2v) is 17.4. The van der Waals surface area contributed by atoms with Crippen molar-refractivity contribution in [3.8, 4) is 0 Å². The van der Waals surface area contributed by atoms with Gasteiger partial charge in [0.25, 0.3) is 0 Å². The molecule has 3 heteroatoms. The van der Waals surface area contributed by atoms with Crippen LogP contribution in [-0.4, -0.2) is 35.1 Å². The molecule has 1 N–H and O–H groups in total.